The van der Waals surface area contributed by atoms with Gasteiger partial charge in [-0.3, -0.25) is 4.79 Å². The lowest BCUT2D eigenvalue weighted by molar-refractivity contribution is -0.134. The fourth-order valence-electron chi connectivity index (χ4n) is 2.15. The number of carbonyl (C=O) groups is 1. The van der Waals surface area contributed by atoms with Gasteiger partial charge in [0.2, 0.25) is 5.91 Å². The number of terminal acetylenes is 1. The second-order valence-electron chi connectivity index (χ2n) is 4.59. The average Bonchev–Trinajstić information content (AvgIpc) is 2.41. The summed E-state index contributed by atoms with van der Waals surface area (Å²) in [6.07, 6.45) is 10.3. The van der Waals surface area contributed by atoms with Crippen molar-refractivity contribution in [3.05, 3.63) is 0 Å². The van der Waals surface area contributed by atoms with Gasteiger partial charge in [-0.15, -0.1) is 12.3 Å². The summed E-state index contributed by atoms with van der Waals surface area (Å²) in [5.74, 6) is 2.81. The van der Waals surface area contributed by atoms with Crippen molar-refractivity contribution in [1.29, 1.82) is 0 Å². The fourth-order valence-corrected chi connectivity index (χ4v) is 2.15. The molecular formula is C14H23NO3. The van der Waals surface area contributed by atoms with E-state index >= 15 is 0 Å². The largest absolute Gasteiger partial charge is 0.394 e. The molecule has 0 atom stereocenters. The van der Waals surface area contributed by atoms with Crippen LogP contribution in [-0.2, 0) is 9.53 Å². The molecule has 0 aromatic rings. The van der Waals surface area contributed by atoms with Crippen molar-refractivity contribution in [2.45, 2.75) is 44.6 Å². The number of unbranched alkanes of at least 4 members (excludes halogenated alkanes) is 2. The normalized spacial score (nSPS) is 16.6. The molecule has 1 fully saturated rings. The fraction of sp³-hybridized carbons (Fsp3) is 0.786. The highest BCUT2D eigenvalue weighted by molar-refractivity contribution is 5.76. The van der Waals surface area contributed by atoms with Crippen LogP contribution in [0.5, 0.6) is 0 Å². The Hall–Kier alpha value is -1.05. The minimum Gasteiger partial charge on any atom is -0.394 e. The molecule has 1 rings (SSSR count). The van der Waals surface area contributed by atoms with Crippen LogP contribution in [0, 0.1) is 12.3 Å². The van der Waals surface area contributed by atoms with E-state index in [9.17, 15) is 4.79 Å². The van der Waals surface area contributed by atoms with Gasteiger partial charge in [0.25, 0.3) is 0 Å². The molecule has 0 unspecified atom stereocenters. The first-order chi connectivity index (χ1) is 8.77. The zero-order valence-corrected chi connectivity index (χ0v) is 10.9. The smallest absolute Gasteiger partial charge is 0.222 e. The molecule has 4 nitrogen and oxygen atoms in total. The Balaban J connectivity index is 2.13. The number of amides is 1. The van der Waals surface area contributed by atoms with E-state index in [2.05, 4.69) is 5.92 Å². The number of ether oxygens (including phenoxy) is 1. The Kier molecular flexibility index (Phi) is 7.47. The van der Waals surface area contributed by atoms with Crippen molar-refractivity contribution in [3.63, 3.8) is 0 Å². The van der Waals surface area contributed by atoms with E-state index in [1.54, 1.807) is 0 Å². The van der Waals surface area contributed by atoms with Crippen LogP contribution in [0.1, 0.15) is 38.5 Å². The van der Waals surface area contributed by atoms with Crippen LogP contribution in [0.25, 0.3) is 0 Å². The molecule has 0 radical (unpaired) electrons. The lowest BCUT2D eigenvalue weighted by Gasteiger charge is -2.32. The molecule has 1 N–H and O–H groups in total. The Morgan fingerprint density at radius 1 is 1.39 bits per heavy atom. The summed E-state index contributed by atoms with van der Waals surface area (Å²) < 4.78 is 5.46. The maximum absolute atomic E-state index is 11.9. The summed E-state index contributed by atoms with van der Waals surface area (Å²) in [5, 5.41) is 8.67. The molecule has 1 aliphatic rings. The summed E-state index contributed by atoms with van der Waals surface area (Å²) in [5.41, 5.74) is 0. The number of hydrogen-bond acceptors (Lipinski definition) is 3. The first-order valence-corrected chi connectivity index (χ1v) is 6.71. The molecule has 0 saturated carbocycles. The quantitative estimate of drug-likeness (QED) is 0.547. The van der Waals surface area contributed by atoms with Crippen molar-refractivity contribution >= 4 is 5.91 Å². The van der Waals surface area contributed by atoms with E-state index in [0.29, 0.717) is 13.0 Å². The van der Waals surface area contributed by atoms with Gasteiger partial charge in [-0.05, 0) is 25.7 Å². The van der Waals surface area contributed by atoms with Crippen LogP contribution in [0.4, 0.5) is 0 Å². The van der Waals surface area contributed by atoms with Crippen LogP contribution in [0.2, 0.25) is 0 Å². The summed E-state index contributed by atoms with van der Waals surface area (Å²) in [4.78, 5) is 13.8. The molecule has 4 heteroatoms. The van der Waals surface area contributed by atoms with E-state index in [1.807, 2.05) is 4.90 Å². The van der Waals surface area contributed by atoms with Crippen molar-refractivity contribution < 1.29 is 14.6 Å². The number of likely N-dealkylation sites (tertiary alicyclic amines) is 1. The molecule has 18 heavy (non-hydrogen) atoms. The second kappa shape index (κ2) is 8.96. The van der Waals surface area contributed by atoms with Gasteiger partial charge in [0.15, 0.2) is 0 Å². The zero-order valence-electron chi connectivity index (χ0n) is 10.9. The predicted octanol–water partition coefficient (Wildman–Crippen LogP) is 1.18. The first kappa shape index (κ1) is 15.0. The van der Waals surface area contributed by atoms with Gasteiger partial charge in [0.1, 0.15) is 0 Å². The Bertz CT molecular complexity index is 277. The second-order valence-corrected chi connectivity index (χ2v) is 4.59. The number of carbonyl (C=O) groups excluding carboxylic acids is 1. The summed E-state index contributed by atoms with van der Waals surface area (Å²) in [7, 11) is 0. The standard InChI is InChI=1S/C14H23NO3/c1-2-3-4-5-6-14(17)15-9-7-13(8-10-15)18-12-11-16/h1,13,16H,3-12H2. The van der Waals surface area contributed by atoms with Crippen LogP contribution >= 0.6 is 0 Å². The van der Waals surface area contributed by atoms with Crippen molar-refractivity contribution in [2.24, 2.45) is 0 Å². The monoisotopic (exact) mass is 253 g/mol. The number of rotatable bonds is 7. The van der Waals surface area contributed by atoms with Crippen molar-refractivity contribution in [1.82, 2.24) is 4.90 Å². The van der Waals surface area contributed by atoms with Crippen LogP contribution in [-0.4, -0.2) is 48.3 Å². The Morgan fingerprint density at radius 2 is 2.11 bits per heavy atom. The maximum atomic E-state index is 11.9. The minimum absolute atomic E-state index is 0.0638. The average molecular weight is 253 g/mol. The molecular weight excluding hydrogens is 230 g/mol. The van der Waals surface area contributed by atoms with E-state index in [1.165, 1.54) is 0 Å². The van der Waals surface area contributed by atoms with Gasteiger partial charge < -0.3 is 14.7 Å². The SMILES string of the molecule is C#CCCCCC(=O)N1CCC(OCCO)CC1. The van der Waals surface area contributed by atoms with Crippen LogP contribution in [0.15, 0.2) is 0 Å². The highest BCUT2D eigenvalue weighted by Gasteiger charge is 2.22. The van der Waals surface area contributed by atoms with Gasteiger partial charge in [-0.1, -0.05) is 0 Å². The minimum atomic E-state index is 0.0638. The highest BCUT2D eigenvalue weighted by atomic mass is 16.5. The van der Waals surface area contributed by atoms with E-state index < -0.39 is 0 Å². The Morgan fingerprint density at radius 3 is 2.72 bits per heavy atom. The third kappa shape index (κ3) is 5.52. The molecule has 1 aliphatic heterocycles. The number of hydrogen-bond donors (Lipinski definition) is 1. The van der Waals surface area contributed by atoms with E-state index in [4.69, 9.17) is 16.3 Å². The molecule has 0 spiro atoms. The van der Waals surface area contributed by atoms with E-state index in [-0.39, 0.29) is 18.6 Å². The topological polar surface area (TPSA) is 49.8 Å². The lowest BCUT2D eigenvalue weighted by Crippen LogP contribution is -2.41. The Labute approximate surface area is 109 Å². The van der Waals surface area contributed by atoms with Gasteiger partial charge in [-0.25, -0.2) is 0 Å². The van der Waals surface area contributed by atoms with Crippen molar-refractivity contribution in [2.75, 3.05) is 26.3 Å². The molecule has 0 aromatic heterocycles. The van der Waals surface area contributed by atoms with E-state index in [0.717, 1.165) is 45.2 Å². The number of piperidine rings is 1. The number of aliphatic hydroxyl groups excluding tert-OH is 1. The maximum Gasteiger partial charge on any atom is 0.222 e. The third-order valence-electron chi connectivity index (χ3n) is 3.20. The van der Waals surface area contributed by atoms with Gasteiger partial charge in [0.05, 0.1) is 19.3 Å². The van der Waals surface area contributed by atoms with Crippen LogP contribution < -0.4 is 0 Å². The van der Waals surface area contributed by atoms with Crippen molar-refractivity contribution in [3.8, 4) is 12.3 Å². The predicted molar refractivity (Wildman–Crippen MR) is 69.9 cm³/mol. The molecule has 1 heterocycles. The summed E-state index contributed by atoms with van der Waals surface area (Å²) in [6, 6.07) is 0. The molecule has 0 aliphatic carbocycles. The zero-order chi connectivity index (χ0) is 13.2. The first-order valence-electron chi connectivity index (χ1n) is 6.71. The summed E-state index contributed by atoms with van der Waals surface area (Å²) in [6.45, 7) is 1.99. The van der Waals surface area contributed by atoms with Gasteiger partial charge in [0, 0.05) is 25.9 Å². The lowest BCUT2D eigenvalue weighted by atomic mass is 10.1. The third-order valence-corrected chi connectivity index (χ3v) is 3.20. The van der Waals surface area contributed by atoms with Gasteiger partial charge in [-0.2, -0.15) is 0 Å². The van der Waals surface area contributed by atoms with Crippen LogP contribution in [0.3, 0.4) is 0 Å². The molecule has 102 valence electrons. The molecule has 1 saturated heterocycles. The summed E-state index contributed by atoms with van der Waals surface area (Å²) >= 11 is 0. The number of aliphatic hydroxyl groups is 1. The molecule has 0 bridgehead atoms. The molecule has 0 aromatic carbocycles. The highest BCUT2D eigenvalue weighted by Crippen LogP contribution is 2.15. The number of nitrogens with zero attached hydrogens (tertiary/aromatic N) is 1. The van der Waals surface area contributed by atoms with Gasteiger partial charge >= 0.3 is 0 Å². The molecule has 1 amide bonds.